The summed E-state index contributed by atoms with van der Waals surface area (Å²) in [4.78, 5) is 16.8. The standard InChI is InChI=1S/C6H7O3P.C2H6O2/c7-10(8)9-6-4-2-1-3-5-6;3-1-2-4/h1-5,7-8H;3-4H,1-2H2. The van der Waals surface area contributed by atoms with Crippen LogP contribution in [-0.4, -0.2) is 33.2 Å². The molecule has 0 fully saturated rings. The van der Waals surface area contributed by atoms with Gasteiger partial charge >= 0.3 is 8.60 Å². The second kappa shape index (κ2) is 8.87. The van der Waals surface area contributed by atoms with Gasteiger partial charge in [0.2, 0.25) is 0 Å². The molecule has 0 spiro atoms. The van der Waals surface area contributed by atoms with Gasteiger partial charge in [-0.2, -0.15) is 0 Å². The van der Waals surface area contributed by atoms with Crippen LogP contribution in [0.25, 0.3) is 0 Å². The van der Waals surface area contributed by atoms with Crippen LogP contribution in [0.2, 0.25) is 0 Å². The molecule has 80 valence electrons. The maximum Gasteiger partial charge on any atom is 0.391 e. The summed E-state index contributed by atoms with van der Waals surface area (Å²) in [6, 6.07) is 8.65. The smallest absolute Gasteiger partial charge is 0.391 e. The summed E-state index contributed by atoms with van der Waals surface area (Å²) in [5, 5.41) is 15.2. The first kappa shape index (κ1) is 13.3. The minimum absolute atomic E-state index is 0.125. The van der Waals surface area contributed by atoms with Crippen LogP contribution in [0.15, 0.2) is 30.3 Å². The van der Waals surface area contributed by atoms with E-state index in [0.717, 1.165) is 0 Å². The zero-order valence-corrected chi connectivity index (χ0v) is 8.34. The van der Waals surface area contributed by atoms with Gasteiger partial charge < -0.3 is 24.5 Å². The second-order valence-electron chi connectivity index (χ2n) is 2.10. The first-order valence-electron chi connectivity index (χ1n) is 3.83. The maximum absolute atomic E-state index is 8.40. The largest absolute Gasteiger partial charge is 0.427 e. The Morgan fingerprint density at radius 3 is 1.86 bits per heavy atom. The van der Waals surface area contributed by atoms with Gasteiger partial charge in [0.1, 0.15) is 5.75 Å². The minimum atomic E-state index is -2.28. The molecule has 0 bridgehead atoms. The Morgan fingerprint density at radius 1 is 1.00 bits per heavy atom. The summed E-state index contributed by atoms with van der Waals surface area (Å²) in [7, 11) is -2.28. The molecule has 0 aromatic heterocycles. The average Bonchev–Trinajstić information content (AvgIpc) is 2.19. The van der Waals surface area contributed by atoms with E-state index in [-0.39, 0.29) is 13.2 Å². The van der Waals surface area contributed by atoms with Crippen molar-refractivity contribution >= 4 is 8.60 Å². The van der Waals surface area contributed by atoms with Crippen LogP contribution in [0, 0.1) is 0 Å². The molecule has 0 aliphatic carbocycles. The van der Waals surface area contributed by atoms with Gasteiger partial charge in [-0.1, -0.05) is 18.2 Å². The molecule has 0 aliphatic heterocycles. The fraction of sp³-hybridized carbons (Fsp3) is 0.250. The van der Waals surface area contributed by atoms with Crippen molar-refractivity contribution in [1.82, 2.24) is 0 Å². The molecule has 0 unspecified atom stereocenters. The fourth-order valence-corrected chi connectivity index (χ4v) is 0.886. The fourth-order valence-electron chi connectivity index (χ4n) is 0.576. The Morgan fingerprint density at radius 2 is 1.50 bits per heavy atom. The molecule has 4 N–H and O–H groups in total. The van der Waals surface area contributed by atoms with E-state index in [1.807, 2.05) is 6.07 Å². The summed E-state index contributed by atoms with van der Waals surface area (Å²) in [6.45, 7) is -0.250. The number of aliphatic hydroxyl groups excluding tert-OH is 2. The quantitative estimate of drug-likeness (QED) is 0.548. The first-order valence-corrected chi connectivity index (χ1v) is 4.99. The van der Waals surface area contributed by atoms with Crippen LogP contribution < -0.4 is 4.52 Å². The minimum Gasteiger partial charge on any atom is -0.427 e. The lowest BCUT2D eigenvalue weighted by Crippen LogP contribution is -1.85. The third-order valence-electron chi connectivity index (χ3n) is 1.03. The molecule has 6 heteroatoms. The van der Waals surface area contributed by atoms with Gasteiger partial charge in [-0.15, -0.1) is 0 Å². The topological polar surface area (TPSA) is 90.2 Å². The zero-order valence-electron chi connectivity index (χ0n) is 7.45. The maximum atomic E-state index is 8.40. The molecule has 0 radical (unpaired) electrons. The third kappa shape index (κ3) is 7.91. The number of hydrogen-bond donors (Lipinski definition) is 4. The highest BCUT2D eigenvalue weighted by atomic mass is 31.2. The van der Waals surface area contributed by atoms with Gasteiger partial charge in [-0.25, -0.2) is 0 Å². The van der Waals surface area contributed by atoms with E-state index in [2.05, 4.69) is 4.52 Å². The number of aliphatic hydroxyl groups is 2. The van der Waals surface area contributed by atoms with Gasteiger partial charge in [0, 0.05) is 0 Å². The molecule has 0 heterocycles. The summed E-state index contributed by atoms with van der Waals surface area (Å²) < 4.78 is 4.59. The molecule has 1 aromatic rings. The number of hydrogen-bond acceptors (Lipinski definition) is 5. The van der Waals surface area contributed by atoms with Crippen LogP contribution in [-0.2, 0) is 0 Å². The van der Waals surface area contributed by atoms with Gasteiger partial charge in [-0.3, -0.25) is 0 Å². The molecule has 0 aliphatic rings. The molecular formula is C8H13O5P. The lowest BCUT2D eigenvalue weighted by atomic mass is 10.3. The van der Waals surface area contributed by atoms with Crippen LogP contribution in [0.4, 0.5) is 0 Å². The lowest BCUT2D eigenvalue weighted by Gasteiger charge is -2.02. The highest BCUT2D eigenvalue weighted by molar-refractivity contribution is 7.39. The Hall–Kier alpha value is -0.710. The summed E-state index contributed by atoms with van der Waals surface area (Å²) >= 11 is 0. The van der Waals surface area contributed by atoms with Crippen molar-refractivity contribution in [3.8, 4) is 5.75 Å². The molecule has 1 rings (SSSR count). The highest BCUT2D eigenvalue weighted by Gasteiger charge is 1.99. The summed E-state index contributed by atoms with van der Waals surface area (Å²) in [6.07, 6.45) is 0. The van der Waals surface area contributed by atoms with Crippen molar-refractivity contribution in [2.24, 2.45) is 0 Å². The SMILES string of the molecule is OCCO.OP(O)Oc1ccccc1. The van der Waals surface area contributed by atoms with E-state index in [4.69, 9.17) is 20.0 Å². The molecular weight excluding hydrogens is 207 g/mol. The Labute approximate surface area is 83.2 Å². The summed E-state index contributed by atoms with van der Waals surface area (Å²) in [5.41, 5.74) is 0. The van der Waals surface area contributed by atoms with E-state index in [1.165, 1.54) is 0 Å². The van der Waals surface area contributed by atoms with E-state index >= 15 is 0 Å². The van der Waals surface area contributed by atoms with Gasteiger partial charge in [0.05, 0.1) is 13.2 Å². The van der Waals surface area contributed by atoms with Crippen molar-refractivity contribution in [3.05, 3.63) is 30.3 Å². The van der Waals surface area contributed by atoms with Crippen LogP contribution in [0.1, 0.15) is 0 Å². The van der Waals surface area contributed by atoms with E-state index in [9.17, 15) is 0 Å². The molecule has 1 aromatic carbocycles. The highest BCUT2D eigenvalue weighted by Crippen LogP contribution is 2.27. The predicted octanol–water partition coefficient (Wildman–Crippen LogP) is 0.248. The predicted molar refractivity (Wildman–Crippen MR) is 52.6 cm³/mol. The molecule has 0 saturated carbocycles. The molecule has 0 saturated heterocycles. The normalized spacial score (nSPS) is 9.21. The van der Waals surface area contributed by atoms with Crippen LogP contribution in [0.5, 0.6) is 5.75 Å². The second-order valence-corrected chi connectivity index (χ2v) is 2.79. The van der Waals surface area contributed by atoms with Crippen molar-refractivity contribution in [2.45, 2.75) is 0 Å². The Balaban J connectivity index is 0.000000364. The number of benzene rings is 1. The Kier molecular flexibility index (Phi) is 8.42. The van der Waals surface area contributed by atoms with Gasteiger partial charge in [0.15, 0.2) is 0 Å². The number of rotatable bonds is 3. The number of para-hydroxylation sites is 1. The van der Waals surface area contributed by atoms with E-state index < -0.39 is 8.60 Å². The van der Waals surface area contributed by atoms with Crippen LogP contribution in [0.3, 0.4) is 0 Å². The van der Waals surface area contributed by atoms with Crippen molar-refractivity contribution in [1.29, 1.82) is 0 Å². The average molecular weight is 220 g/mol. The molecule has 5 nitrogen and oxygen atoms in total. The molecule has 14 heavy (non-hydrogen) atoms. The molecule has 0 atom stereocenters. The zero-order chi connectivity index (χ0) is 10.8. The van der Waals surface area contributed by atoms with Crippen molar-refractivity contribution < 1.29 is 24.5 Å². The van der Waals surface area contributed by atoms with E-state index in [1.54, 1.807) is 24.3 Å². The first-order chi connectivity index (χ1) is 6.70. The summed E-state index contributed by atoms with van der Waals surface area (Å²) in [5.74, 6) is 0.471. The molecule has 0 amide bonds. The third-order valence-corrected chi connectivity index (χ3v) is 1.40. The van der Waals surface area contributed by atoms with Crippen molar-refractivity contribution in [3.63, 3.8) is 0 Å². The van der Waals surface area contributed by atoms with Crippen molar-refractivity contribution in [2.75, 3.05) is 13.2 Å². The monoisotopic (exact) mass is 220 g/mol. The van der Waals surface area contributed by atoms with Gasteiger partial charge in [-0.05, 0) is 12.1 Å². The van der Waals surface area contributed by atoms with Gasteiger partial charge in [0.25, 0.3) is 0 Å². The lowest BCUT2D eigenvalue weighted by molar-refractivity contribution is 0.186. The Bertz CT molecular complexity index is 214. The van der Waals surface area contributed by atoms with Crippen LogP contribution >= 0.6 is 8.60 Å². The van der Waals surface area contributed by atoms with E-state index in [0.29, 0.717) is 5.75 Å².